The number of aryl methyl sites for hydroxylation is 1. The van der Waals surface area contributed by atoms with Crippen LogP contribution in [0.15, 0.2) is 11.4 Å². The maximum absolute atomic E-state index is 10.6. The Kier molecular flexibility index (Phi) is 2.36. The number of rotatable bonds is 2. The maximum Gasteiger partial charge on any atom is 0.348 e. The predicted molar refractivity (Wildman–Crippen MR) is 51.9 cm³/mol. The highest BCUT2D eigenvalue weighted by Gasteiger charge is 2.30. The van der Waals surface area contributed by atoms with Gasteiger partial charge in [-0.3, -0.25) is 4.68 Å². The molecule has 1 N–H and O–H groups in total. The average molecular weight is 230 g/mol. The first-order valence-corrected chi connectivity index (χ1v) is 4.60. The summed E-state index contributed by atoms with van der Waals surface area (Å²) in [6.45, 7) is 0. The van der Waals surface area contributed by atoms with Gasteiger partial charge in [0.2, 0.25) is 6.10 Å². The van der Waals surface area contributed by atoms with Gasteiger partial charge in [0, 0.05) is 13.5 Å². The predicted octanol–water partition coefficient (Wildman–Crippen LogP) is 0.651. The highest BCUT2D eigenvalue weighted by Crippen LogP contribution is 2.22. The van der Waals surface area contributed by atoms with Gasteiger partial charge < -0.3 is 9.94 Å². The van der Waals surface area contributed by atoms with Gasteiger partial charge in [-0.2, -0.15) is 5.10 Å². The molecule has 1 aliphatic rings. The normalized spacial score (nSPS) is 19.9. The first-order valence-electron chi connectivity index (χ1n) is 4.23. The number of hydrogen-bond donors (Lipinski definition) is 1. The molecule has 1 unspecified atom stereocenters. The second-order valence-corrected chi connectivity index (χ2v) is 3.55. The molecule has 0 amide bonds. The molecule has 0 spiro atoms. The minimum atomic E-state index is -1.04. The third-order valence-electron chi connectivity index (χ3n) is 2.11. The Hall–Kier alpha value is -1.56. The highest BCUT2D eigenvalue weighted by atomic mass is 35.5. The number of carbonyl (C=O) groups is 1. The van der Waals surface area contributed by atoms with E-state index in [9.17, 15) is 4.79 Å². The standard InChI is InChI=1S/C8H8ClN3O3/c1-12-7(4(9)3-10-12)5-2-6(8(13)14)15-11-5/h3,6H,2H2,1H3,(H,13,14). The molecule has 1 aromatic heterocycles. The van der Waals surface area contributed by atoms with E-state index in [4.69, 9.17) is 21.5 Å². The number of carboxylic acid groups (broad SMARTS) is 1. The zero-order chi connectivity index (χ0) is 11.0. The molecule has 0 radical (unpaired) electrons. The van der Waals surface area contributed by atoms with Crippen LogP contribution >= 0.6 is 11.6 Å². The average Bonchev–Trinajstić information content (AvgIpc) is 2.73. The Labute approximate surface area is 90.1 Å². The monoisotopic (exact) mass is 229 g/mol. The van der Waals surface area contributed by atoms with Gasteiger partial charge in [-0.05, 0) is 0 Å². The molecule has 0 saturated heterocycles. The summed E-state index contributed by atoms with van der Waals surface area (Å²) in [6, 6.07) is 0. The molecule has 6 nitrogen and oxygen atoms in total. The number of aromatic nitrogens is 2. The maximum atomic E-state index is 10.6. The second-order valence-electron chi connectivity index (χ2n) is 3.14. The molecule has 15 heavy (non-hydrogen) atoms. The molecule has 0 bridgehead atoms. The van der Waals surface area contributed by atoms with Crippen LogP contribution in [0.25, 0.3) is 0 Å². The fourth-order valence-corrected chi connectivity index (χ4v) is 1.66. The molecule has 2 rings (SSSR count). The fourth-order valence-electron chi connectivity index (χ4n) is 1.39. The topological polar surface area (TPSA) is 76.7 Å². The van der Waals surface area contributed by atoms with Crippen molar-refractivity contribution in [3.63, 3.8) is 0 Å². The quantitative estimate of drug-likeness (QED) is 0.808. The molecule has 0 saturated carbocycles. The van der Waals surface area contributed by atoms with E-state index in [0.29, 0.717) is 16.4 Å². The van der Waals surface area contributed by atoms with Gasteiger partial charge in [-0.15, -0.1) is 0 Å². The Morgan fingerprint density at radius 3 is 3.00 bits per heavy atom. The number of aliphatic carboxylic acids is 1. The molecule has 2 heterocycles. The van der Waals surface area contributed by atoms with E-state index in [-0.39, 0.29) is 6.42 Å². The third kappa shape index (κ3) is 1.68. The molecule has 1 aliphatic heterocycles. The molecule has 0 aliphatic carbocycles. The van der Waals surface area contributed by atoms with Crippen LogP contribution in [-0.2, 0) is 16.7 Å². The first kappa shape index (κ1) is 9.97. The summed E-state index contributed by atoms with van der Waals surface area (Å²) in [4.78, 5) is 15.4. The summed E-state index contributed by atoms with van der Waals surface area (Å²) < 4.78 is 1.54. The summed E-state index contributed by atoms with van der Waals surface area (Å²) >= 11 is 5.89. The van der Waals surface area contributed by atoms with Crippen molar-refractivity contribution in [1.82, 2.24) is 9.78 Å². The second kappa shape index (κ2) is 3.54. The van der Waals surface area contributed by atoms with Crippen molar-refractivity contribution in [1.29, 1.82) is 0 Å². The summed E-state index contributed by atoms with van der Waals surface area (Å²) in [5, 5.41) is 16.8. The van der Waals surface area contributed by atoms with E-state index < -0.39 is 12.1 Å². The minimum Gasteiger partial charge on any atom is -0.478 e. The van der Waals surface area contributed by atoms with Gasteiger partial charge in [-0.25, -0.2) is 4.79 Å². The molecule has 1 aromatic rings. The zero-order valence-corrected chi connectivity index (χ0v) is 8.60. The van der Waals surface area contributed by atoms with Gasteiger partial charge in [0.25, 0.3) is 0 Å². The molecular formula is C8H8ClN3O3. The zero-order valence-electron chi connectivity index (χ0n) is 7.85. The number of oxime groups is 1. The van der Waals surface area contributed by atoms with Crippen molar-refractivity contribution in [2.75, 3.05) is 0 Å². The number of nitrogens with zero attached hydrogens (tertiary/aromatic N) is 3. The van der Waals surface area contributed by atoms with Gasteiger partial charge in [0.15, 0.2) is 0 Å². The highest BCUT2D eigenvalue weighted by molar-refractivity contribution is 6.34. The van der Waals surface area contributed by atoms with Crippen molar-refractivity contribution in [3.8, 4) is 0 Å². The fraction of sp³-hybridized carbons (Fsp3) is 0.375. The van der Waals surface area contributed by atoms with E-state index in [1.54, 1.807) is 7.05 Å². The molecule has 1 atom stereocenters. The molecule has 0 aromatic carbocycles. The smallest absolute Gasteiger partial charge is 0.348 e. The van der Waals surface area contributed by atoms with Crippen molar-refractivity contribution >= 4 is 23.3 Å². The van der Waals surface area contributed by atoms with Crippen molar-refractivity contribution in [3.05, 3.63) is 16.9 Å². The number of hydrogen-bond acceptors (Lipinski definition) is 4. The van der Waals surface area contributed by atoms with Crippen LogP contribution < -0.4 is 0 Å². The summed E-state index contributed by atoms with van der Waals surface area (Å²) in [6.07, 6.45) is 0.758. The summed E-state index contributed by atoms with van der Waals surface area (Å²) in [5.41, 5.74) is 1.10. The van der Waals surface area contributed by atoms with Gasteiger partial charge in [0.1, 0.15) is 11.4 Å². The van der Waals surface area contributed by atoms with Gasteiger partial charge in [0.05, 0.1) is 11.2 Å². The molecule has 80 valence electrons. The number of carboxylic acids is 1. The lowest BCUT2D eigenvalue weighted by Gasteiger charge is -2.01. The van der Waals surface area contributed by atoms with Crippen molar-refractivity contribution in [2.45, 2.75) is 12.5 Å². The van der Waals surface area contributed by atoms with Crippen LogP contribution in [0.4, 0.5) is 0 Å². The van der Waals surface area contributed by atoms with Crippen LogP contribution in [0.1, 0.15) is 12.1 Å². The van der Waals surface area contributed by atoms with Gasteiger partial charge >= 0.3 is 5.97 Å². The number of halogens is 1. The van der Waals surface area contributed by atoms with Crippen LogP contribution in [0.2, 0.25) is 5.02 Å². The lowest BCUT2D eigenvalue weighted by atomic mass is 10.1. The lowest BCUT2D eigenvalue weighted by Crippen LogP contribution is -2.20. The van der Waals surface area contributed by atoms with E-state index in [1.165, 1.54) is 10.9 Å². The molecule has 7 heteroatoms. The summed E-state index contributed by atoms with van der Waals surface area (Å²) in [5.74, 6) is -1.04. The third-order valence-corrected chi connectivity index (χ3v) is 2.39. The van der Waals surface area contributed by atoms with Crippen LogP contribution in [0.3, 0.4) is 0 Å². The van der Waals surface area contributed by atoms with Crippen LogP contribution in [0, 0.1) is 0 Å². The lowest BCUT2D eigenvalue weighted by molar-refractivity contribution is -0.148. The Bertz CT molecular complexity index is 421. The Morgan fingerprint density at radius 1 is 1.80 bits per heavy atom. The van der Waals surface area contributed by atoms with Gasteiger partial charge in [-0.1, -0.05) is 16.8 Å². The van der Waals surface area contributed by atoms with E-state index >= 15 is 0 Å². The SMILES string of the molecule is Cn1ncc(Cl)c1C1=NOC(C(=O)O)C1. The minimum absolute atomic E-state index is 0.203. The largest absolute Gasteiger partial charge is 0.478 e. The Morgan fingerprint density at radius 2 is 2.53 bits per heavy atom. The van der Waals surface area contributed by atoms with E-state index in [0.717, 1.165) is 0 Å². The van der Waals surface area contributed by atoms with Crippen molar-refractivity contribution in [2.24, 2.45) is 12.2 Å². The first-order chi connectivity index (χ1) is 7.09. The Balaban J connectivity index is 2.25. The van der Waals surface area contributed by atoms with Crippen LogP contribution in [-0.4, -0.2) is 32.7 Å². The molecular weight excluding hydrogens is 222 g/mol. The van der Waals surface area contributed by atoms with Crippen molar-refractivity contribution < 1.29 is 14.7 Å². The van der Waals surface area contributed by atoms with E-state index in [1.807, 2.05) is 0 Å². The molecule has 0 fully saturated rings. The van der Waals surface area contributed by atoms with E-state index in [2.05, 4.69) is 10.3 Å². The van der Waals surface area contributed by atoms with Crippen LogP contribution in [0.5, 0.6) is 0 Å². The summed E-state index contributed by atoms with van der Waals surface area (Å²) in [7, 11) is 1.71.